The number of hydrogen-bond acceptors (Lipinski definition) is 7. The number of tetrazole rings is 1. The molecule has 3 rings (SSSR count). The van der Waals surface area contributed by atoms with E-state index in [9.17, 15) is 13.2 Å². The molecule has 2 aromatic rings. The van der Waals surface area contributed by atoms with E-state index >= 15 is 0 Å². The van der Waals surface area contributed by atoms with Gasteiger partial charge in [0, 0.05) is 30.6 Å². The summed E-state index contributed by atoms with van der Waals surface area (Å²) in [5, 5.41) is 16.3. The first-order valence-corrected chi connectivity index (χ1v) is 9.90. The molecule has 2 heterocycles. The van der Waals surface area contributed by atoms with Gasteiger partial charge in [-0.3, -0.25) is 9.69 Å². The van der Waals surface area contributed by atoms with E-state index in [1.165, 1.54) is 6.26 Å². The van der Waals surface area contributed by atoms with Gasteiger partial charge in [0.25, 0.3) is 0 Å². The number of aromatic amines is 1. The minimum atomic E-state index is -3.07. The summed E-state index contributed by atoms with van der Waals surface area (Å²) < 4.78 is 23.1. The van der Waals surface area contributed by atoms with Crippen LogP contribution in [0.2, 0.25) is 5.02 Å². The first-order valence-electron chi connectivity index (χ1n) is 7.57. The molecule has 1 unspecified atom stereocenters. The number of anilines is 1. The molecular formula is C14H17ClN6O3S. The summed E-state index contributed by atoms with van der Waals surface area (Å²) in [5.41, 5.74) is 1.14. The summed E-state index contributed by atoms with van der Waals surface area (Å²) >= 11 is 6.19. The molecule has 0 bridgehead atoms. The van der Waals surface area contributed by atoms with Gasteiger partial charge in [-0.1, -0.05) is 11.6 Å². The largest absolute Gasteiger partial charge is 0.325 e. The molecular weight excluding hydrogens is 368 g/mol. The molecule has 134 valence electrons. The number of nitrogens with one attached hydrogen (secondary N) is 2. The molecule has 25 heavy (non-hydrogen) atoms. The zero-order valence-corrected chi connectivity index (χ0v) is 15.0. The van der Waals surface area contributed by atoms with Crippen molar-refractivity contribution in [1.29, 1.82) is 0 Å². The van der Waals surface area contributed by atoms with Crippen molar-refractivity contribution in [3.05, 3.63) is 23.2 Å². The van der Waals surface area contributed by atoms with Gasteiger partial charge in [-0.2, -0.15) is 5.21 Å². The van der Waals surface area contributed by atoms with Crippen LogP contribution in [0.15, 0.2) is 18.2 Å². The van der Waals surface area contributed by atoms with Crippen LogP contribution in [-0.2, 0) is 14.6 Å². The maximum absolute atomic E-state index is 12.2. The second-order valence-corrected chi connectivity index (χ2v) is 8.69. The average molecular weight is 385 g/mol. The van der Waals surface area contributed by atoms with Crippen LogP contribution in [0.3, 0.4) is 0 Å². The highest BCUT2D eigenvalue weighted by molar-refractivity contribution is 7.91. The minimum Gasteiger partial charge on any atom is -0.325 e. The average Bonchev–Trinajstić information content (AvgIpc) is 3.18. The number of aromatic nitrogens is 4. The van der Waals surface area contributed by atoms with Crippen LogP contribution < -0.4 is 5.32 Å². The number of sulfone groups is 1. The number of carbonyl (C=O) groups excluding carboxylic acids is 1. The Kier molecular flexibility index (Phi) is 5.02. The van der Waals surface area contributed by atoms with Gasteiger partial charge in [0.1, 0.15) is 0 Å². The van der Waals surface area contributed by atoms with Crippen molar-refractivity contribution in [3.63, 3.8) is 0 Å². The molecule has 1 aromatic carbocycles. The van der Waals surface area contributed by atoms with Crippen molar-refractivity contribution < 1.29 is 13.2 Å². The van der Waals surface area contributed by atoms with Crippen molar-refractivity contribution in [3.8, 4) is 11.4 Å². The van der Waals surface area contributed by atoms with E-state index in [0.29, 0.717) is 41.6 Å². The van der Waals surface area contributed by atoms with Crippen molar-refractivity contribution in [1.82, 2.24) is 25.5 Å². The highest BCUT2D eigenvalue weighted by Gasteiger charge is 2.30. The topological polar surface area (TPSA) is 121 Å². The standard InChI is InChI=1S/C14H17ClN6O3S/c1-25(23,24)10-4-5-21(7-10)8-13(22)16-9-2-3-11(12(15)6-9)14-17-19-20-18-14/h2-3,6,10H,4-5,7-8H2,1H3,(H,16,22)(H,17,18,19,20). The molecule has 0 spiro atoms. The fourth-order valence-corrected chi connectivity index (χ4v) is 4.02. The molecule has 0 radical (unpaired) electrons. The lowest BCUT2D eigenvalue weighted by Gasteiger charge is -2.15. The quantitative estimate of drug-likeness (QED) is 0.773. The highest BCUT2D eigenvalue weighted by atomic mass is 35.5. The minimum absolute atomic E-state index is 0.135. The Hall–Kier alpha value is -2.04. The van der Waals surface area contributed by atoms with Crippen molar-refractivity contribution >= 4 is 33.0 Å². The highest BCUT2D eigenvalue weighted by Crippen LogP contribution is 2.27. The fraction of sp³-hybridized carbons (Fsp3) is 0.429. The Bertz CT molecular complexity index is 871. The summed E-state index contributed by atoms with van der Waals surface area (Å²) in [4.78, 5) is 14.0. The molecule has 1 fully saturated rings. The van der Waals surface area contributed by atoms with Gasteiger partial charge < -0.3 is 5.32 Å². The number of hydrogen-bond donors (Lipinski definition) is 2. The van der Waals surface area contributed by atoms with Crippen LogP contribution in [0.1, 0.15) is 6.42 Å². The Morgan fingerprint density at radius 3 is 2.88 bits per heavy atom. The molecule has 1 aliphatic rings. The lowest BCUT2D eigenvalue weighted by molar-refractivity contribution is -0.117. The van der Waals surface area contributed by atoms with E-state index < -0.39 is 15.1 Å². The first-order chi connectivity index (χ1) is 11.8. The maximum atomic E-state index is 12.2. The first kappa shape index (κ1) is 17.8. The molecule has 0 saturated carbocycles. The normalized spacial score (nSPS) is 18.4. The van der Waals surface area contributed by atoms with Crippen LogP contribution >= 0.6 is 11.6 Å². The number of rotatable bonds is 5. The fourth-order valence-electron chi connectivity index (χ4n) is 2.74. The van der Waals surface area contributed by atoms with Crippen LogP contribution in [0.25, 0.3) is 11.4 Å². The summed E-state index contributed by atoms with van der Waals surface area (Å²) in [5.74, 6) is 0.143. The van der Waals surface area contributed by atoms with Crippen LogP contribution in [0.4, 0.5) is 5.69 Å². The number of halogens is 1. The third-order valence-electron chi connectivity index (χ3n) is 4.04. The van der Waals surface area contributed by atoms with Crippen LogP contribution in [-0.4, -0.2) is 71.0 Å². The molecule has 11 heteroatoms. The Morgan fingerprint density at radius 2 is 2.28 bits per heavy atom. The predicted octanol–water partition coefficient (Wildman–Crippen LogP) is 0.577. The number of amides is 1. The van der Waals surface area contributed by atoms with E-state index in [1.807, 2.05) is 4.90 Å². The predicted molar refractivity (Wildman–Crippen MR) is 92.9 cm³/mol. The molecule has 1 aliphatic heterocycles. The van der Waals surface area contributed by atoms with E-state index in [1.54, 1.807) is 18.2 Å². The van der Waals surface area contributed by atoms with E-state index in [2.05, 4.69) is 25.9 Å². The molecule has 1 amide bonds. The summed E-state index contributed by atoms with van der Waals surface area (Å²) in [6.45, 7) is 1.10. The van der Waals surface area contributed by atoms with E-state index in [4.69, 9.17) is 11.6 Å². The number of nitrogens with zero attached hydrogens (tertiary/aromatic N) is 4. The van der Waals surface area contributed by atoms with Gasteiger partial charge in [0.05, 0.1) is 16.8 Å². The zero-order valence-electron chi connectivity index (χ0n) is 13.4. The molecule has 1 saturated heterocycles. The Labute approximate surface area is 149 Å². The third-order valence-corrected chi connectivity index (χ3v) is 5.95. The number of likely N-dealkylation sites (tertiary alicyclic amines) is 1. The van der Waals surface area contributed by atoms with Gasteiger partial charge in [-0.15, -0.1) is 10.2 Å². The zero-order chi connectivity index (χ0) is 18.0. The van der Waals surface area contributed by atoms with Gasteiger partial charge in [0.2, 0.25) is 11.7 Å². The monoisotopic (exact) mass is 384 g/mol. The lowest BCUT2D eigenvalue weighted by atomic mass is 10.2. The second-order valence-electron chi connectivity index (χ2n) is 5.95. The smallest absolute Gasteiger partial charge is 0.238 e. The molecule has 1 atom stereocenters. The number of benzene rings is 1. The summed E-state index contributed by atoms with van der Waals surface area (Å²) in [6, 6.07) is 4.99. The van der Waals surface area contributed by atoms with E-state index in [-0.39, 0.29) is 12.5 Å². The Morgan fingerprint density at radius 1 is 1.48 bits per heavy atom. The second kappa shape index (κ2) is 7.06. The molecule has 9 nitrogen and oxygen atoms in total. The molecule has 0 aliphatic carbocycles. The van der Waals surface area contributed by atoms with Gasteiger partial charge in [-0.25, -0.2) is 8.42 Å². The van der Waals surface area contributed by atoms with Gasteiger partial charge in [-0.05, 0) is 29.8 Å². The van der Waals surface area contributed by atoms with Crippen molar-refractivity contribution in [2.24, 2.45) is 0 Å². The number of H-pyrrole nitrogens is 1. The van der Waals surface area contributed by atoms with Crippen molar-refractivity contribution in [2.75, 3.05) is 31.2 Å². The molecule has 2 N–H and O–H groups in total. The van der Waals surface area contributed by atoms with Gasteiger partial charge >= 0.3 is 0 Å². The van der Waals surface area contributed by atoms with Crippen molar-refractivity contribution in [2.45, 2.75) is 11.7 Å². The van der Waals surface area contributed by atoms with E-state index in [0.717, 1.165) is 0 Å². The summed E-state index contributed by atoms with van der Waals surface area (Å²) in [7, 11) is -3.07. The lowest BCUT2D eigenvalue weighted by Crippen LogP contribution is -2.33. The van der Waals surface area contributed by atoms with Crippen LogP contribution in [0, 0.1) is 0 Å². The SMILES string of the molecule is CS(=O)(=O)C1CCN(CC(=O)Nc2ccc(-c3nn[nH]n3)c(Cl)c2)C1. The summed E-state index contributed by atoms with van der Waals surface area (Å²) in [6.07, 6.45) is 1.78. The Balaban J connectivity index is 1.59. The third kappa shape index (κ3) is 4.33. The maximum Gasteiger partial charge on any atom is 0.238 e. The number of carbonyl (C=O) groups is 1. The van der Waals surface area contributed by atoms with Crippen LogP contribution in [0.5, 0.6) is 0 Å². The molecule has 1 aromatic heterocycles. The van der Waals surface area contributed by atoms with Gasteiger partial charge in [0.15, 0.2) is 9.84 Å².